The van der Waals surface area contributed by atoms with Crippen molar-refractivity contribution in [1.29, 1.82) is 0 Å². The van der Waals surface area contributed by atoms with Crippen LogP contribution in [0.15, 0.2) is 23.1 Å². The van der Waals surface area contributed by atoms with Gasteiger partial charge in [-0.15, -0.1) is 12.6 Å². The monoisotopic (exact) mass is 518 g/mol. The van der Waals surface area contributed by atoms with E-state index in [1.807, 2.05) is 101 Å². The molecule has 1 aromatic carbocycles. The van der Waals surface area contributed by atoms with Gasteiger partial charge < -0.3 is 26.6 Å². The topological polar surface area (TPSA) is 55.4 Å². The second kappa shape index (κ2) is 13.2. The number of thiol groups is 1. The van der Waals surface area contributed by atoms with Gasteiger partial charge in [-0.1, -0.05) is 0 Å². The first-order chi connectivity index (χ1) is 15.1. The van der Waals surface area contributed by atoms with Gasteiger partial charge >= 0.3 is 17.6 Å². The molecular formula is C24H46O6SSi2. The summed E-state index contributed by atoms with van der Waals surface area (Å²) in [6.07, 6.45) is -0.534. The molecule has 6 nitrogen and oxygen atoms in total. The molecule has 0 heterocycles. The Hall–Kier alpha value is -0.236. The highest BCUT2D eigenvalue weighted by Crippen LogP contribution is 2.23. The lowest BCUT2D eigenvalue weighted by Gasteiger charge is -2.37. The Bertz CT molecular complexity index is 616. The van der Waals surface area contributed by atoms with Crippen LogP contribution in [0.3, 0.4) is 0 Å². The second-order valence-corrected chi connectivity index (χ2v) is 15.2. The van der Waals surface area contributed by atoms with Crippen molar-refractivity contribution >= 4 is 40.6 Å². The van der Waals surface area contributed by atoms with Crippen LogP contribution < -0.4 is 10.4 Å². The van der Waals surface area contributed by atoms with Gasteiger partial charge in [0.1, 0.15) is 0 Å². The van der Waals surface area contributed by atoms with Gasteiger partial charge in [0.05, 0.1) is 0 Å². The van der Waals surface area contributed by atoms with E-state index in [-0.39, 0.29) is 36.6 Å². The highest BCUT2D eigenvalue weighted by Gasteiger charge is 2.51. The fourth-order valence-corrected chi connectivity index (χ4v) is 10.3. The SMILES string of the molecule is CC(C)O[Si](OC(C)C)(OC(C)C)c1cc(S)cc([Si](OC(C)C)(OC(C)C)OC(C)C)c1. The number of rotatable bonds is 14. The van der Waals surface area contributed by atoms with Crippen LogP contribution in [0.2, 0.25) is 0 Å². The van der Waals surface area contributed by atoms with E-state index < -0.39 is 17.6 Å². The first-order valence-electron chi connectivity index (χ1n) is 12.0. The molecule has 0 fully saturated rings. The second-order valence-electron chi connectivity index (χ2n) is 9.88. The van der Waals surface area contributed by atoms with Crippen molar-refractivity contribution in [2.75, 3.05) is 0 Å². The van der Waals surface area contributed by atoms with Gasteiger partial charge in [0.2, 0.25) is 0 Å². The van der Waals surface area contributed by atoms with Crippen molar-refractivity contribution in [2.45, 2.75) is 125 Å². The lowest BCUT2D eigenvalue weighted by atomic mass is 10.4. The highest BCUT2D eigenvalue weighted by atomic mass is 32.1. The molecule has 0 aliphatic heterocycles. The van der Waals surface area contributed by atoms with Crippen LogP contribution in [0.25, 0.3) is 0 Å². The maximum Gasteiger partial charge on any atom is 0.537 e. The summed E-state index contributed by atoms with van der Waals surface area (Å²) in [6, 6.07) is 5.95. The Labute approximate surface area is 209 Å². The van der Waals surface area contributed by atoms with Gasteiger partial charge in [0.25, 0.3) is 0 Å². The third kappa shape index (κ3) is 9.73. The maximum atomic E-state index is 6.47. The first-order valence-corrected chi connectivity index (χ1v) is 15.9. The van der Waals surface area contributed by atoms with Crippen molar-refractivity contribution < 1.29 is 26.6 Å². The van der Waals surface area contributed by atoms with Crippen molar-refractivity contribution in [3.05, 3.63) is 18.2 Å². The zero-order valence-corrected chi connectivity index (χ0v) is 25.5. The van der Waals surface area contributed by atoms with E-state index in [2.05, 4.69) is 0 Å². The summed E-state index contributed by atoms with van der Waals surface area (Å²) in [4.78, 5) is 0.746. The van der Waals surface area contributed by atoms with E-state index in [0.717, 1.165) is 15.3 Å². The highest BCUT2D eigenvalue weighted by molar-refractivity contribution is 7.80. The van der Waals surface area contributed by atoms with E-state index in [1.54, 1.807) is 0 Å². The fourth-order valence-electron chi connectivity index (χ4n) is 3.40. The molecule has 0 N–H and O–H groups in total. The van der Waals surface area contributed by atoms with Gasteiger partial charge in [-0.25, -0.2) is 0 Å². The van der Waals surface area contributed by atoms with Crippen molar-refractivity contribution in [3.63, 3.8) is 0 Å². The van der Waals surface area contributed by atoms with Crippen LogP contribution in [0.1, 0.15) is 83.1 Å². The van der Waals surface area contributed by atoms with Crippen LogP contribution in [0.5, 0.6) is 0 Å². The van der Waals surface area contributed by atoms with Crippen molar-refractivity contribution in [1.82, 2.24) is 0 Å². The van der Waals surface area contributed by atoms with Crippen LogP contribution in [0, 0.1) is 0 Å². The molecule has 0 atom stereocenters. The minimum absolute atomic E-state index is 0.0889. The first kappa shape index (κ1) is 30.8. The van der Waals surface area contributed by atoms with E-state index in [4.69, 9.17) is 39.2 Å². The molecular weight excluding hydrogens is 472 g/mol. The Morgan fingerprint density at radius 3 is 0.848 bits per heavy atom. The molecule has 33 heavy (non-hydrogen) atoms. The van der Waals surface area contributed by atoms with Gasteiger partial charge in [0.15, 0.2) is 0 Å². The number of benzene rings is 1. The van der Waals surface area contributed by atoms with Gasteiger partial charge in [-0.3, -0.25) is 0 Å². The quantitative estimate of drug-likeness (QED) is 0.282. The van der Waals surface area contributed by atoms with Crippen molar-refractivity contribution in [3.8, 4) is 0 Å². The lowest BCUT2D eigenvalue weighted by Crippen LogP contribution is -2.64. The number of hydrogen-bond donors (Lipinski definition) is 1. The molecule has 9 heteroatoms. The molecule has 1 aromatic rings. The molecule has 0 amide bonds. The summed E-state index contributed by atoms with van der Waals surface area (Å²) in [6.45, 7) is 23.9. The van der Waals surface area contributed by atoms with E-state index >= 15 is 0 Å². The zero-order chi connectivity index (χ0) is 25.6. The summed E-state index contributed by atoms with van der Waals surface area (Å²) in [5.41, 5.74) is 0. The minimum atomic E-state index is -3.32. The smallest absolute Gasteiger partial charge is 0.367 e. The standard InChI is InChI=1S/C24H46O6SSi2/c1-16(2)25-32(26-17(3)4,27-18(5)6)23-13-22(31)14-24(15-23)33(28-19(7)8,29-20(9)10)30-21(11)12/h13-21,31H,1-12H3. The van der Waals surface area contributed by atoms with Gasteiger partial charge in [-0.05, 0) is 101 Å². The summed E-state index contributed by atoms with van der Waals surface area (Å²) in [5, 5.41) is 1.65. The fraction of sp³-hybridized carbons (Fsp3) is 0.750. The van der Waals surface area contributed by atoms with E-state index in [1.165, 1.54) is 0 Å². The minimum Gasteiger partial charge on any atom is -0.367 e. The van der Waals surface area contributed by atoms with E-state index in [0.29, 0.717) is 0 Å². The predicted octanol–water partition coefficient (Wildman–Crippen LogP) is 4.82. The largest absolute Gasteiger partial charge is 0.537 e. The Morgan fingerprint density at radius 2 is 0.667 bits per heavy atom. The summed E-state index contributed by atoms with van der Waals surface area (Å²) < 4.78 is 38.8. The molecule has 0 bridgehead atoms. The predicted molar refractivity (Wildman–Crippen MR) is 142 cm³/mol. The van der Waals surface area contributed by atoms with Crippen LogP contribution in [-0.4, -0.2) is 54.2 Å². The average Bonchev–Trinajstić information content (AvgIpc) is 2.57. The summed E-state index contributed by atoms with van der Waals surface area (Å²) in [7, 11) is -6.63. The molecule has 0 aliphatic carbocycles. The molecule has 0 aromatic heterocycles. The molecule has 192 valence electrons. The molecule has 0 radical (unpaired) electrons. The summed E-state index contributed by atoms with van der Waals surface area (Å²) in [5.74, 6) is 0. The third-order valence-corrected chi connectivity index (χ3v) is 10.9. The molecule has 0 saturated carbocycles. The average molecular weight is 519 g/mol. The Kier molecular flexibility index (Phi) is 12.3. The molecule has 0 aliphatic rings. The summed E-state index contributed by atoms with van der Waals surface area (Å²) >= 11 is 4.74. The molecule has 0 spiro atoms. The van der Waals surface area contributed by atoms with Gasteiger partial charge in [-0.2, -0.15) is 0 Å². The zero-order valence-electron chi connectivity index (χ0n) is 22.6. The van der Waals surface area contributed by atoms with Crippen LogP contribution in [0.4, 0.5) is 0 Å². The van der Waals surface area contributed by atoms with Crippen LogP contribution in [-0.2, 0) is 26.6 Å². The maximum absolute atomic E-state index is 6.47. The Balaban J connectivity index is 3.85. The normalized spacial score (nSPS) is 13.5. The molecule has 0 saturated heterocycles. The third-order valence-electron chi connectivity index (χ3n) is 3.97. The number of hydrogen-bond acceptors (Lipinski definition) is 7. The van der Waals surface area contributed by atoms with Crippen LogP contribution >= 0.6 is 12.6 Å². The van der Waals surface area contributed by atoms with Gasteiger partial charge in [0, 0.05) is 51.9 Å². The van der Waals surface area contributed by atoms with Crippen molar-refractivity contribution in [2.24, 2.45) is 0 Å². The molecule has 1 rings (SSSR count). The Morgan fingerprint density at radius 1 is 0.455 bits per heavy atom. The molecule has 0 unspecified atom stereocenters. The lowest BCUT2D eigenvalue weighted by molar-refractivity contribution is 0.0153. The van der Waals surface area contributed by atoms with E-state index in [9.17, 15) is 0 Å².